The van der Waals surface area contributed by atoms with Crippen LogP contribution in [0.3, 0.4) is 0 Å². The van der Waals surface area contributed by atoms with Gasteiger partial charge < -0.3 is 9.64 Å². The van der Waals surface area contributed by atoms with Gasteiger partial charge in [-0.1, -0.05) is 12.1 Å². The average molecular weight is 366 g/mol. The number of carbonyl (C=O) groups excluding carboxylic acids is 1. The highest BCUT2D eigenvalue weighted by Crippen LogP contribution is 2.21. The lowest BCUT2D eigenvalue weighted by atomic mass is 10.1. The van der Waals surface area contributed by atoms with Crippen LogP contribution in [0.2, 0.25) is 0 Å². The minimum Gasteiger partial charge on any atom is -0.497 e. The molecule has 0 fully saturated rings. The summed E-state index contributed by atoms with van der Waals surface area (Å²) in [7, 11) is 1.61. The largest absolute Gasteiger partial charge is 0.497 e. The third-order valence-electron chi connectivity index (χ3n) is 3.36. The molecule has 0 saturated carbocycles. The molecule has 0 bridgehead atoms. The van der Waals surface area contributed by atoms with Gasteiger partial charge in [-0.25, -0.2) is 4.39 Å². The summed E-state index contributed by atoms with van der Waals surface area (Å²) in [4.78, 5) is 14.3. The molecule has 0 saturated heterocycles. The van der Waals surface area contributed by atoms with Crippen LogP contribution in [0.5, 0.6) is 5.75 Å². The molecule has 5 heteroatoms. The molecule has 0 radical (unpaired) electrons. The number of ether oxygens (including phenoxy) is 1. The van der Waals surface area contributed by atoms with E-state index in [4.69, 9.17) is 4.74 Å². The van der Waals surface area contributed by atoms with E-state index in [1.54, 1.807) is 12.0 Å². The minimum atomic E-state index is -0.373. The summed E-state index contributed by atoms with van der Waals surface area (Å²) >= 11 is 3.25. The average Bonchev–Trinajstić information content (AvgIpc) is 2.52. The molecule has 2 aromatic rings. The summed E-state index contributed by atoms with van der Waals surface area (Å²) in [5.74, 6) is 0.270. The zero-order chi connectivity index (χ0) is 16.1. The van der Waals surface area contributed by atoms with Gasteiger partial charge in [-0.05, 0) is 58.7 Å². The topological polar surface area (TPSA) is 29.5 Å². The number of rotatable bonds is 5. The first-order chi connectivity index (χ1) is 10.5. The molecule has 2 aromatic carbocycles. The maximum absolute atomic E-state index is 13.1. The number of halogens is 2. The van der Waals surface area contributed by atoms with Crippen molar-refractivity contribution in [1.82, 2.24) is 4.90 Å². The van der Waals surface area contributed by atoms with Crippen molar-refractivity contribution < 1.29 is 13.9 Å². The van der Waals surface area contributed by atoms with E-state index in [9.17, 15) is 9.18 Å². The molecule has 0 aliphatic heterocycles. The number of hydrogen-bond donors (Lipinski definition) is 0. The van der Waals surface area contributed by atoms with Crippen LogP contribution in [0.4, 0.5) is 4.39 Å². The maximum atomic E-state index is 13.1. The number of methoxy groups -OCH3 is 1. The summed E-state index contributed by atoms with van der Waals surface area (Å²) in [5, 5.41) is 0. The Balaban J connectivity index is 2.17. The van der Waals surface area contributed by atoms with Gasteiger partial charge in [0, 0.05) is 17.6 Å². The van der Waals surface area contributed by atoms with E-state index in [0.29, 0.717) is 23.1 Å². The van der Waals surface area contributed by atoms with Crippen LogP contribution in [0.15, 0.2) is 46.9 Å². The molecule has 22 heavy (non-hydrogen) atoms. The molecule has 0 N–H and O–H groups in total. The van der Waals surface area contributed by atoms with Gasteiger partial charge in [0.2, 0.25) is 0 Å². The number of nitrogens with zero attached hydrogens (tertiary/aromatic N) is 1. The zero-order valence-corrected chi connectivity index (χ0v) is 14.1. The Morgan fingerprint density at radius 3 is 2.45 bits per heavy atom. The monoisotopic (exact) mass is 365 g/mol. The van der Waals surface area contributed by atoms with Crippen LogP contribution in [0.25, 0.3) is 0 Å². The van der Waals surface area contributed by atoms with Gasteiger partial charge in [0.1, 0.15) is 11.6 Å². The lowest BCUT2D eigenvalue weighted by Crippen LogP contribution is -2.30. The zero-order valence-electron chi connectivity index (χ0n) is 12.5. The standard InChI is InChI=1S/C17H17BrFNO2/c1-3-20(11-12-4-7-14(22-2)8-5-12)17(21)15-9-6-13(19)10-16(15)18/h4-10H,3,11H2,1-2H3. The Hall–Kier alpha value is -1.88. The van der Waals surface area contributed by atoms with Crippen LogP contribution >= 0.6 is 15.9 Å². The second-order valence-corrected chi connectivity index (χ2v) is 5.65. The Morgan fingerprint density at radius 2 is 1.91 bits per heavy atom. The highest BCUT2D eigenvalue weighted by Gasteiger charge is 2.17. The Morgan fingerprint density at radius 1 is 1.23 bits per heavy atom. The fourth-order valence-electron chi connectivity index (χ4n) is 2.11. The first kappa shape index (κ1) is 16.5. The second-order valence-electron chi connectivity index (χ2n) is 4.79. The third-order valence-corrected chi connectivity index (χ3v) is 4.02. The fraction of sp³-hybridized carbons (Fsp3) is 0.235. The van der Waals surface area contributed by atoms with E-state index >= 15 is 0 Å². The lowest BCUT2D eigenvalue weighted by molar-refractivity contribution is 0.0751. The van der Waals surface area contributed by atoms with Crippen molar-refractivity contribution in [2.75, 3.05) is 13.7 Å². The summed E-state index contributed by atoms with van der Waals surface area (Å²) in [6, 6.07) is 11.7. The van der Waals surface area contributed by atoms with Crippen molar-refractivity contribution in [3.63, 3.8) is 0 Å². The summed E-state index contributed by atoms with van der Waals surface area (Å²) in [6.45, 7) is 2.97. The lowest BCUT2D eigenvalue weighted by Gasteiger charge is -2.22. The van der Waals surface area contributed by atoms with Crippen molar-refractivity contribution in [1.29, 1.82) is 0 Å². The van der Waals surface area contributed by atoms with Crippen molar-refractivity contribution in [2.24, 2.45) is 0 Å². The predicted molar refractivity (Wildman–Crippen MR) is 87.5 cm³/mol. The molecular weight excluding hydrogens is 349 g/mol. The van der Waals surface area contributed by atoms with Gasteiger partial charge in [-0.3, -0.25) is 4.79 Å². The van der Waals surface area contributed by atoms with E-state index in [1.165, 1.54) is 18.2 Å². The Bertz CT molecular complexity index is 658. The minimum absolute atomic E-state index is 0.134. The molecule has 1 amide bonds. The fourth-order valence-corrected chi connectivity index (χ4v) is 2.63. The van der Waals surface area contributed by atoms with Gasteiger partial charge in [0.05, 0.1) is 12.7 Å². The predicted octanol–water partition coefficient (Wildman–Crippen LogP) is 4.26. The molecule has 0 heterocycles. The maximum Gasteiger partial charge on any atom is 0.255 e. The van der Waals surface area contributed by atoms with Gasteiger partial charge >= 0.3 is 0 Å². The summed E-state index contributed by atoms with van der Waals surface area (Å²) in [5.41, 5.74) is 1.46. The molecule has 2 rings (SSSR count). The van der Waals surface area contributed by atoms with Crippen LogP contribution in [0.1, 0.15) is 22.8 Å². The second kappa shape index (κ2) is 7.40. The van der Waals surface area contributed by atoms with E-state index in [1.807, 2.05) is 31.2 Å². The highest BCUT2D eigenvalue weighted by molar-refractivity contribution is 9.10. The van der Waals surface area contributed by atoms with Crippen molar-refractivity contribution in [2.45, 2.75) is 13.5 Å². The molecular formula is C17H17BrFNO2. The van der Waals surface area contributed by atoms with Crippen molar-refractivity contribution >= 4 is 21.8 Å². The number of carbonyl (C=O) groups is 1. The number of benzene rings is 2. The van der Waals surface area contributed by atoms with Gasteiger partial charge in [0.15, 0.2) is 0 Å². The summed E-state index contributed by atoms with van der Waals surface area (Å²) < 4.78 is 18.7. The number of hydrogen-bond acceptors (Lipinski definition) is 2. The molecule has 3 nitrogen and oxygen atoms in total. The van der Waals surface area contributed by atoms with Crippen LogP contribution < -0.4 is 4.74 Å². The smallest absolute Gasteiger partial charge is 0.255 e. The molecule has 0 aromatic heterocycles. The van der Waals surface area contributed by atoms with Gasteiger partial charge in [0.25, 0.3) is 5.91 Å². The first-order valence-corrected chi connectivity index (χ1v) is 7.71. The van der Waals surface area contributed by atoms with Crippen molar-refractivity contribution in [3.8, 4) is 5.75 Å². The van der Waals surface area contributed by atoms with E-state index in [0.717, 1.165) is 11.3 Å². The van der Waals surface area contributed by atoms with Crippen LogP contribution in [-0.4, -0.2) is 24.5 Å². The Kier molecular flexibility index (Phi) is 5.55. The Labute approximate surface area is 137 Å². The quantitative estimate of drug-likeness (QED) is 0.792. The molecule has 116 valence electrons. The van der Waals surface area contributed by atoms with E-state index in [-0.39, 0.29) is 11.7 Å². The molecule has 0 aliphatic carbocycles. The highest BCUT2D eigenvalue weighted by atomic mass is 79.9. The summed E-state index contributed by atoms with van der Waals surface area (Å²) in [6.07, 6.45) is 0. The van der Waals surface area contributed by atoms with Gasteiger partial charge in [-0.15, -0.1) is 0 Å². The molecule has 0 aliphatic rings. The van der Waals surface area contributed by atoms with Gasteiger partial charge in [-0.2, -0.15) is 0 Å². The first-order valence-electron chi connectivity index (χ1n) is 6.92. The van der Waals surface area contributed by atoms with E-state index < -0.39 is 0 Å². The molecule has 0 unspecified atom stereocenters. The third kappa shape index (κ3) is 3.85. The van der Waals surface area contributed by atoms with Crippen molar-refractivity contribution in [3.05, 3.63) is 63.9 Å². The SMILES string of the molecule is CCN(Cc1ccc(OC)cc1)C(=O)c1ccc(F)cc1Br. The molecule has 0 spiro atoms. The van der Waals surface area contributed by atoms with E-state index in [2.05, 4.69) is 15.9 Å². The van der Waals surface area contributed by atoms with Crippen LogP contribution in [-0.2, 0) is 6.54 Å². The number of amides is 1. The van der Waals surface area contributed by atoms with Crippen LogP contribution in [0, 0.1) is 5.82 Å². The normalized spacial score (nSPS) is 10.4. The molecule has 0 atom stereocenters.